The topological polar surface area (TPSA) is 151 Å². The minimum Gasteiger partial charge on any atom is -0.321 e. The van der Waals surface area contributed by atoms with E-state index in [1.165, 1.54) is 12.1 Å². The number of rotatable bonds is 5. The Morgan fingerprint density at radius 2 is 1.59 bits per heavy atom. The van der Waals surface area contributed by atoms with Crippen LogP contribution in [0, 0.1) is 0 Å². The molecule has 0 unspecified atom stereocenters. The van der Waals surface area contributed by atoms with Crippen molar-refractivity contribution in [2.75, 3.05) is 0 Å². The van der Waals surface area contributed by atoms with E-state index in [2.05, 4.69) is 14.6 Å². The van der Waals surface area contributed by atoms with Crippen LogP contribution in [0.5, 0.6) is 0 Å². The van der Waals surface area contributed by atoms with Crippen molar-refractivity contribution >= 4 is 44.4 Å². The van der Waals surface area contributed by atoms with E-state index in [0.29, 0.717) is 10.5 Å². The van der Waals surface area contributed by atoms with Crippen LogP contribution in [0.4, 0.5) is 0 Å². The van der Waals surface area contributed by atoms with E-state index in [0.717, 1.165) is 12.0 Å². The molecule has 2 aromatic rings. The van der Waals surface area contributed by atoms with Gasteiger partial charge in [-0.1, -0.05) is 36.4 Å². The molecule has 1 aliphatic carbocycles. The number of hydrogen-bond acceptors (Lipinski definition) is 8. The summed E-state index contributed by atoms with van der Waals surface area (Å²) in [4.78, 5) is 30.1. The number of fused-ring (bicyclic) bond motifs is 2. The fourth-order valence-electron chi connectivity index (χ4n) is 3.32. The second kappa shape index (κ2) is 7.22. The van der Waals surface area contributed by atoms with Crippen LogP contribution in [0.1, 0.15) is 21.5 Å². The lowest BCUT2D eigenvalue weighted by atomic mass is 9.86. The highest BCUT2D eigenvalue weighted by atomic mass is 32.2. The Hall–Kier alpha value is -2.80. The number of carbonyl (C=O) groups excluding carboxylic acids is 2. The van der Waals surface area contributed by atoms with Crippen molar-refractivity contribution in [1.82, 2.24) is 5.32 Å². The number of amides is 1. The maximum Gasteiger partial charge on any atom is 0.257 e. The molecule has 0 aromatic heterocycles. The van der Waals surface area contributed by atoms with Crippen molar-refractivity contribution in [2.24, 2.45) is 11.0 Å². The van der Waals surface area contributed by atoms with E-state index >= 15 is 0 Å². The van der Waals surface area contributed by atoms with Crippen LogP contribution >= 0.6 is 12.0 Å². The molecule has 9 nitrogen and oxygen atoms in total. The molecule has 11 heteroatoms. The third-order valence-electron chi connectivity index (χ3n) is 4.43. The zero-order valence-electron chi connectivity index (χ0n) is 14.5. The van der Waals surface area contributed by atoms with Crippen molar-refractivity contribution in [3.05, 3.63) is 76.4 Å². The maximum absolute atomic E-state index is 13.1. The molecule has 0 fully saturated rings. The van der Waals surface area contributed by atoms with Crippen LogP contribution in [0.25, 0.3) is 10.6 Å². The maximum atomic E-state index is 13.1. The summed E-state index contributed by atoms with van der Waals surface area (Å²) in [6.07, 6.45) is 0. The summed E-state index contributed by atoms with van der Waals surface area (Å²) in [5.41, 5.74) is 0.705. The van der Waals surface area contributed by atoms with Crippen molar-refractivity contribution < 1.29 is 27.3 Å². The molecule has 148 valence electrons. The fraction of sp³-hybridized carbons (Fsp3) is 0. The van der Waals surface area contributed by atoms with Gasteiger partial charge in [0, 0.05) is 16.0 Å². The minimum absolute atomic E-state index is 0.0281. The molecular weight excluding hydrogens is 418 g/mol. The largest absolute Gasteiger partial charge is 0.321 e. The van der Waals surface area contributed by atoms with E-state index in [1.807, 2.05) is 0 Å². The molecule has 2 aliphatic rings. The Kier molecular flexibility index (Phi) is 4.86. The summed E-state index contributed by atoms with van der Waals surface area (Å²) >= 11 is 0.867. The third kappa shape index (κ3) is 3.29. The van der Waals surface area contributed by atoms with Gasteiger partial charge >= 0.3 is 0 Å². The van der Waals surface area contributed by atoms with Gasteiger partial charge in [-0.2, -0.15) is 5.90 Å². The number of nitrogens with one attached hydrogen (secondary N) is 1. The van der Waals surface area contributed by atoms with Crippen LogP contribution in [-0.2, 0) is 24.1 Å². The van der Waals surface area contributed by atoms with Crippen molar-refractivity contribution in [3.8, 4) is 0 Å². The molecule has 0 saturated carbocycles. The van der Waals surface area contributed by atoms with Crippen molar-refractivity contribution in [1.29, 1.82) is 0 Å². The summed E-state index contributed by atoms with van der Waals surface area (Å²) in [5.74, 6) is 3.63. The van der Waals surface area contributed by atoms with Crippen LogP contribution in [0.2, 0.25) is 0 Å². The van der Waals surface area contributed by atoms with Crippen LogP contribution in [0.3, 0.4) is 0 Å². The Morgan fingerprint density at radius 1 is 0.931 bits per heavy atom. The molecule has 1 heterocycles. The quantitative estimate of drug-likeness (QED) is 0.364. The van der Waals surface area contributed by atoms with E-state index in [1.54, 1.807) is 36.4 Å². The predicted octanol–water partition coefficient (Wildman–Crippen LogP) is 1.25. The second-order valence-corrected chi connectivity index (χ2v) is 8.37. The Morgan fingerprint density at radius 3 is 2.21 bits per heavy atom. The highest BCUT2D eigenvalue weighted by Gasteiger charge is 2.43. The van der Waals surface area contributed by atoms with Gasteiger partial charge in [0.25, 0.3) is 5.91 Å². The predicted molar refractivity (Wildman–Crippen MR) is 105 cm³/mol. The normalized spacial score (nSPS) is 16.1. The smallest absolute Gasteiger partial charge is 0.257 e. The van der Waals surface area contributed by atoms with Gasteiger partial charge in [0.15, 0.2) is 5.78 Å². The van der Waals surface area contributed by atoms with Crippen LogP contribution in [-0.4, -0.2) is 20.1 Å². The molecule has 0 saturated heterocycles. The minimum atomic E-state index is -4.29. The lowest BCUT2D eigenvalue weighted by Gasteiger charge is -2.19. The number of sulfonamides is 1. The average Bonchev–Trinajstić information content (AvgIpc) is 3.03. The number of carbonyl (C=O) groups is 2. The zero-order chi connectivity index (χ0) is 20.8. The number of ketones is 1. The van der Waals surface area contributed by atoms with Gasteiger partial charge in [-0.3, -0.25) is 9.59 Å². The first kappa shape index (κ1) is 19.5. The molecule has 0 atom stereocenters. The molecule has 4 rings (SSSR count). The number of Topliss-reactive ketones (excluding diaryl/α,β-unsaturated/α-hetero) is 1. The summed E-state index contributed by atoms with van der Waals surface area (Å²) in [6.45, 7) is 0. The highest BCUT2D eigenvalue weighted by Crippen LogP contribution is 2.42. The molecule has 2 aromatic carbocycles. The Bertz CT molecular complexity index is 1220. The standard InChI is InChI=1S/C18H13N3O6S2/c19-26-27-28-10-7-5-9(6-8-10)15-13-14(18(23)21-15)17(29(20,24)25)12-4-2-1-3-11(12)16(13)22/h1-8H,19H2,(H,21,23)(H2,20,24,25). The van der Waals surface area contributed by atoms with Gasteiger partial charge in [-0.15, -0.1) is 9.32 Å². The first-order chi connectivity index (χ1) is 13.8. The Balaban J connectivity index is 1.93. The number of hydrogen-bond donors (Lipinski definition) is 3. The molecule has 0 radical (unpaired) electrons. The zero-order valence-corrected chi connectivity index (χ0v) is 16.2. The van der Waals surface area contributed by atoms with Crippen LogP contribution < -0.4 is 16.4 Å². The fourth-order valence-corrected chi connectivity index (χ4v) is 4.65. The monoisotopic (exact) mass is 431 g/mol. The summed E-state index contributed by atoms with van der Waals surface area (Å²) in [5, 5.41) is 8.00. The molecule has 29 heavy (non-hydrogen) atoms. The van der Waals surface area contributed by atoms with Crippen molar-refractivity contribution in [3.63, 3.8) is 0 Å². The molecule has 1 amide bonds. The summed E-state index contributed by atoms with van der Waals surface area (Å²) < 4.78 is 29.2. The van der Waals surface area contributed by atoms with E-state index in [-0.39, 0.29) is 32.9 Å². The molecule has 1 aliphatic heterocycles. The van der Waals surface area contributed by atoms with E-state index in [9.17, 15) is 18.0 Å². The lowest BCUT2D eigenvalue weighted by Crippen LogP contribution is -2.26. The Labute approximate surface area is 169 Å². The highest BCUT2D eigenvalue weighted by molar-refractivity contribution is 7.98. The average molecular weight is 431 g/mol. The van der Waals surface area contributed by atoms with E-state index in [4.69, 9.17) is 11.0 Å². The summed E-state index contributed by atoms with van der Waals surface area (Å²) in [6, 6.07) is 12.7. The van der Waals surface area contributed by atoms with Gasteiger partial charge in [0.2, 0.25) is 10.0 Å². The first-order valence-corrected chi connectivity index (χ1v) is 10.4. The summed E-state index contributed by atoms with van der Waals surface area (Å²) in [7, 11) is -4.29. The lowest BCUT2D eigenvalue weighted by molar-refractivity contribution is -0.195. The number of benzene rings is 2. The van der Waals surface area contributed by atoms with Gasteiger partial charge in [-0.05, 0) is 17.7 Å². The molecular formula is C18H13N3O6S2. The second-order valence-electron chi connectivity index (χ2n) is 6.10. The molecule has 5 N–H and O–H groups in total. The SMILES string of the molecule is NOOSc1ccc(C2=C3C(=O)c4ccccc4C(S(N)(=O)=O)=C3C(=O)N2)cc1. The van der Waals surface area contributed by atoms with Crippen LogP contribution in [0.15, 0.2) is 64.6 Å². The van der Waals surface area contributed by atoms with Gasteiger partial charge in [0.1, 0.15) is 4.91 Å². The first-order valence-electron chi connectivity index (χ1n) is 8.10. The number of primary sulfonamides is 1. The van der Waals surface area contributed by atoms with Gasteiger partial charge < -0.3 is 5.32 Å². The molecule has 0 spiro atoms. The van der Waals surface area contributed by atoms with Gasteiger partial charge in [-0.25, -0.2) is 13.6 Å². The van der Waals surface area contributed by atoms with Crippen molar-refractivity contribution in [2.45, 2.75) is 4.90 Å². The van der Waals surface area contributed by atoms with E-state index < -0.39 is 21.7 Å². The third-order valence-corrected chi connectivity index (χ3v) is 6.04. The number of nitrogens with two attached hydrogens (primary N) is 2. The van der Waals surface area contributed by atoms with Gasteiger partial charge in [0.05, 0.1) is 28.9 Å². The molecule has 0 bridgehead atoms.